The molecule has 1 saturated carbocycles. The topological polar surface area (TPSA) is 75.6 Å². The fourth-order valence-corrected chi connectivity index (χ4v) is 3.64. The number of carboxylic acids is 1. The van der Waals surface area contributed by atoms with Gasteiger partial charge in [0.15, 0.2) is 0 Å². The number of aryl methyl sites for hydroxylation is 1. The van der Waals surface area contributed by atoms with Gasteiger partial charge in [-0.3, -0.25) is 4.79 Å². The van der Waals surface area contributed by atoms with Gasteiger partial charge >= 0.3 is 5.97 Å². The zero-order valence-electron chi connectivity index (χ0n) is 15.1. The molecule has 2 N–H and O–H groups in total. The molecule has 25 heavy (non-hydrogen) atoms. The highest BCUT2D eigenvalue weighted by atomic mass is 16.5. The molecule has 0 spiro atoms. The molecule has 1 aliphatic rings. The van der Waals surface area contributed by atoms with Gasteiger partial charge in [-0.1, -0.05) is 31.0 Å². The van der Waals surface area contributed by atoms with Crippen molar-refractivity contribution in [2.75, 3.05) is 19.8 Å². The lowest BCUT2D eigenvalue weighted by Crippen LogP contribution is -2.37. The van der Waals surface area contributed by atoms with E-state index in [0.29, 0.717) is 24.9 Å². The largest absolute Gasteiger partial charge is 0.478 e. The first-order chi connectivity index (χ1) is 12.1. The average molecular weight is 347 g/mol. The van der Waals surface area contributed by atoms with Gasteiger partial charge in [-0.25, -0.2) is 4.79 Å². The average Bonchev–Trinajstić information content (AvgIpc) is 3.08. The molecule has 0 radical (unpaired) electrons. The zero-order chi connectivity index (χ0) is 18.1. The van der Waals surface area contributed by atoms with Gasteiger partial charge in [0.1, 0.15) is 0 Å². The first-order valence-electron chi connectivity index (χ1n) is 9.22. The molecule has 1 aliphatic carbocycles. The van der Waals surface area contributed by atoms with Gasteiger partial charge in [-0.2, -0.15) is 0 Å². The van der Waals surface area contributed by atoms with Crippen LogP contribution in [0.15, 0.2) is 24.3 Å². The minimum absolute atomic E-state index is 0.0112. The molecule has 0 saturated heterocycles. The second-order valence-electron chi connectivity index (χ2n) is 6.89. The van der Waals surface area contributed by atoms with Crippen molar-refractivity contribution in [1.29, 1.82) is 0 Å². The summed E-state index contributed by atoms with van der Waals surface area (Å²) in [6, 6.07) is 6.87. The van der Waals surface area contributed by atoms with Crippen molar-refractivity contribution in [2.45, 2.75) is 51.9 Å². The Morgan fingerprint density at radius 1 is 1.24 bits per heavy atom. The molecule has 0 atom stereocenters. The van der Waals surface area contributed by atoms with Gasteiger partial charge in [-0.05, 0) is 49.7 Å². The first kappa shape index (κ1) is 19.4. The summed E-state index contributed by atoms with van der Waals surface area (Å²) in [5, 5.41) is 12.3. The van der Waals surface area contributed by atoms with Crippen molar-refractivity contribution >= 4 is 11.9 Å². The Morgan fingerprint density at radius 2 is 1.96 bits per heavy atom. The fraction of sp³-hybridized carbons (Fsp3) is 0.600. The van der Waals surface area contributed by atoms with Gasteiger partial charge in [-0.15, -0.1) is 0 Å². The van der Waals surface area contributed by atoms with Gasteiger partial charge in [0.05, 0.1) is 5.56 Å². The molecule has 2 rings (SSSR count). The number of amides is 1. The molecule has 5 nitrogen and oxygen atoms in total. The Hall–Kier alpha value is -1.88. The van der Waals surface area contributed by atoms with Crippen LogP contribution in [0.2, 0.25) is 0 Å². The molecule has 0 unspecified atom stereocenters. The van der Waals surface area contributed by atoms with Crippen LogP contribution >= 0.6 is 0 Å². The summed E-state index contributed by atoms with van der Waals surface area (Å²) in [4.78, 5) is 23.5. The van der Waals surface area contributed by atoms with E-state index in [0.717, 1.165) is 32.5 Å². The van der Waals surface area contributed by atoms with Gasteiger partial charge in [0.2, 0.25) is 5.91 Å². The van der Waals surface area contributed by atoms with E-state index in [4.69, 9.17) is 4.74 Å². The summed E-state index contributed by atoms with van der Waals surface area (Å²) >= 11 is 0. The normalized spacial score (nSPS) is 15.9. The Balaban J connectivity index is 1.82. The predicted octanol–water partition coefficient (Wildman–Crippen LogP) is 3.42. The maximum absolute atomic E-state index is 12.2. The van der Waals surface area contributed by atoms with Crippen LogP contribution in [0, 0.1) is 5.41 Å². The summed E-state index contributed by atoms with van der Waals surface area (Å²) in [6.45, 7) is 4.17. The van der Waals surface area contributed by atoms with Crippen LogP contribution in [-0.2, 0) is 16.0 Å². The quantitative estimate of drug-likeness (QED) is 0.636. The number of hydrogen-bond acceptors (Lipinski definition) is 3. The minimum Gasteiger partial charge on any atom is -0.478 e. The van der Waals surface area contributed by atoms with Crippen molar-refractivity contribution in [2.24, 2.45) is 5.41 Å². The van der Waals surface area contributed by atoms with E-state index >= 15 is 0 Å². The lowest BCUT2D eigenvalue weighted by atomic mass is 9.83. The molecule has 0 aromatic heterocycles. The van der Waals surface area contributed by atoms with Crippen LogP contribution in [0.4, 0.5) is 0 Å². The molecule has 1 aromatic carbocycles. The third-order valence-electron chi connectivity index (χ3n) is 5.17. The highest BCUT2D eigenvalue weighted by molar-refractivity contribution is 5.89. The maximum atomic E-state index is 12.2. The van der Waals surface area contributed by atoms with Crippen LogP contribution in [0.5, 0.6) is 0 Å². The third kappa shape index (κ3) is 5.85. The minimum atomic E-state index is -0.947. The lowest BCUT2D eigenvalue weighted by Gasteiger charge is -2.29. The van der Waals surface area contributed by atoms with Gasteiger partial charge < -0.3 is 15.2 Å². The number of nitrogens with one attached hydrogen (secondary N) is 1. The number of carbonyl (C=O) groups is 2. The Morgan fingerprint density at radius 3 is 2.64 bits per heavy atom. The summed E-state index contributed by atoms with van der Waals surface area (Å²) in [7, 11) is 0. The molecule has 5 heteroatoms. The molecular weight excluding hydrogens is 318 g/mol. The van der Waals surface area contributed by atoms with Crippen LogP contribution in [0.25, 0.3) is 0 Å². The number of hydrogen-bond donors (Lipinski definition) is 2. The second kappa shape index (κ2) is 9.56. The van der Waals surface area contributed by atoms with E-state index < -0.39 is 5.97 Å². The molecule has 0 aliphatic heterocycles. The monoisotopic (exact) mass is 347 g/mol. The van der Waals surface area contributed by atoms with E-state index in [1.54, 1.807) is 24.3 Å². The van der Waals surface area contributed by atoms with Gasteiger partial charge in [0.25, 0.3) is 0 Å². The van der Waals surface area contributed by atoms with Crippen LogP contribution < -0.4 is 5.32 Å². The van der Waals surface area contributed by atoms with Crippen molar-refractivity contribution in [3.05, 3.63) is 35.4 Å². The molecule has 1 amide bonds. The standard InChI is InChI=1S/C20H29NO4/c1-2-25-14-13-20(11-5-6-12-20)15-21-18(22)10-9-16-7-3-4-8-17(16)19(23)24/h3-4,7-8H,2,5-6,9-15H2,1H3,(H,21,22)(H,23,24). The number of benzene rings is 1. The Bertz CT molecular complexity index is 579. The summed E-state index contributed by atoms with van der Waals surface area (Å²) in [5.74, 6) is -0.959. The van der Waals surface area contributed by atoms with E-state index in [2.05, 4.69) is 5.32 Å². The number of aromatic carboxylic acids is 1. The Labute approximate surface area is 149 Å². The smallest absolute Gasteiger partial charge is 0.335 e. The highest BCUT2D eigenvalue weighted by Gasteiger charge is 2.33. The van der Waals surface area contributed by atoms with Crippen molar-refractivity contribution in [1.82, 2.24) is 5.32 Å². The number of ether oxygens (including phenoxy) is 1. The van der Waals surface area contributed by atoms with Crippen LogP contribution in [0.1, 0.15) is 61.4 Å². The number of carboxylic acid groups (broad SMARTS) is 1. The highest BCUT2D eigenvalue weighted by Crippen LogP contribution is 2.40. The summed E-state index contributed by atoms with van der Waals surface area (Å²) in [6.07, 6.45) is 6.46. The SMILES string of the molecule is CCOCCC1(CNC(=O)CCc2ccccc2C(=O)O)CCCC1. The molecular formula is C20H29NO4. The van der Waals surface area contributed by atoms with E-state index in [1.807, 2.05) is 6.92 Å². The molecule has 1 aromatic rings. The third-order valence-corrected chi connectivity index (χ3v) is 5.17. The fourth-order valence-electron chi connectivity index (χ4n) is 3.64. The molecule has 0 heterocycles. The van der Waals surface area contributed by atoms with E-state index in [9.17, 15) is 14.7 Å². The van der Waals surface area contributed by atoms with Crippen molar-refractivity contribution in [3.8, 4) is 0 Å². The lowest BCUT2D eigenvalue weighted by molar-refractivity contribution is -0.121. The Kier molecular flexibility index (Phi) is 7.44. The van der Waals surface area contributed by atoms with E-state index in [-0.39, 0.29) is 16.9 Å². The first-order valence-corrected chi connectivity index (χ1v) is 9.22. The summed E-state index contributed by atoms with van der Waals surface area (Å²) < 4.78 is 5.50. The maximum Gasteiger partial charge on any atom is 0.335 e. The molecule has 1 fully saturated rings. The predicted molar refractivity (Wildman–Crippen MR) is 96.7 cm³/mol. The molecule has 0 bridgehead atoms. The van der Waals surface area contributed by atoms with Crippen LogP contribution in [0.3, 0.4) is 0 Å². The number of carbonyl (C=O) groups excluding carboxylic acids is 1. The zero-order valence-corrected chi connectivity index (χ0v) is 15.1. The van der Waals surface area contributed by atoms with Crippen molar-refractivity contribution in [3.63, 3.8) is 0 Å². The number of rotatable bonds is 10. The molecule has 138 valence electrons. The van der Waals surface area contributed by atoms with Gasteiger partial charge in [0, 0.05) is 26.2 Å². The van der Waals surface area contributed by atoms with Crippen LogP contribution in [-0.4, -0.2) is 36.7 Å². The van der Waals surface area contributed by atoms with Crippen molar-refractivity contribution < 1.29 is 19.4 Å². The summed E-state index contributed by atoms with van der Waals surface area (Å²) in [5.41, 5.74) is 1.15. The second-order valence-corrected chi connectivity index (χ2v) is 6.89. The van der Waals surface area contributed by atoms with E-state index in [1.165, 1.54) is 12.8 Å².